The molecule has 2 aliphatic rings. The highest BCUT2D eigenvalue weighted by Gasteiger charge is 2.20. The first-order chi connectivity index (χ1) is 12.2. The Morgan fingerprint density at radius 1 is 1.04 bits per heavy atom. The summed E-state index contributed by atoms with van der Waals surface area (Å²) >= 11 is 0. The van der Waals surface area contributed by atoms with Gasteiger partial charge in [-0.05, 0) is 37.9 Å². The topological polar surface area (TPSA) is 32.3 Å². The normalized spacial score (nSPS) is 18.5. The van der Waals surface area contributed by atoms with Crippen molar-refractivity contribution in [2.45, 2.75) is 52.2 Å². The molecule has 1 atom stereocenters. The van der Waals surface area contributed by atoms with Crippen molar-refractivity contribution in [3.8, 4) is 0 Å². The van der Waals surface area contributed by atoms with Gasteiger partial charge < -0.3 is 4.90 Å². The molecule has 0 saturated heterocycles. The SMILES string of the molecule is CCC(C)N1CCc2ncncc2C1.CN1CCc2ccccc2C1. The van der Waals surface area contributed by atoms with Crippen molar-refractivity contribution < 1.29 is 0 Å². The van der Waals surface area contributed by atoms with Gasteiger partial charge in [0, 0.05) is 56.1 Å². The number of likely N-dealkylation sites (N-methyl/N-ethyl adjacent to an activating group) is 1. The van der Waals surface area contributed by atoms with Crippen LogP contribution in [-0.4, -0.2) is 45.9 Å². The maximum absolute atomic E-state index is 4.30. The molecule has 0 saturated carbocycles. The summed E-state index contributed by atoms with van der Waals surface area (Å²) in [7, 11) is 2.18. The first-order valence-corrected chi connectivity index (χ1v) is 9.44. The van der Waals surface area contributed by atoms with Crippen molar-refractivity contribution in [3.05, 3.63) is 59.2 Å². The Bertz CT molecular complexity index is 685. The Kier molecular flexibility index (Phi) is 6.16. The van der Waals surface area contributed by atoms with E-state index in [9.17, 15) is 0 Å². The minimum atomic E-state index is 0.670. The van der Waals surface area contributed by atoms with Gasteiger partial charge in [-0.3, -0.25) is 4.90 Å². The Hall–Kier alpha value is -1.78. The summed E-state index contributed by atoms with van der Waals surface area (Å²) < 4.78 is 0. The Morgan fingerprint density at radius 3 is 2.64 bits per heavy atom. The first kappa shape index (κ1) is 18.0. The third kappa shape index (κ3) is 4.65. The predicted octanol–water partition coefficient (Wildman–Crippen LogP) is 3.31. The average molecular weight is 338 g/mol. The number of nitrogens with zero attached hydrogens (tertiary/aromatic N) is 4. The van der Waals surface area contributed by atoms with E-state index in [1.807, 2.05) is 6.20 Å². The van der Waals surface area contributed by atoms with Gasteiger partial charge in [-0.25, -0.2) is 9.97 Å². The summed E-state index contributed by atoms with van der Waals surface area (Å²) in [4.78, 5) is 13.3. The summed E-state index contributed by atoms with van der Waals surface area (Å²) in [6, 6.07) is 9.39. The maximum atomic E-state index is 4.30. The third-order valence-electron chi connectivity index (χ3n) is 5.43. The van der Waals surface area contributed by atoms with Gasteiger partial charge in [-0.15, -0.1) is 0 Å². The molecule has 0 amide bonds. The van der Waals surface area contributed by atoms with Gasteiger partial charge in [0.15, 0.2) is 0 Å². The molecule has 3 heterocycles. The van der Waals surface area contributed by atoms with Crippen LogP contribution in [0, 0.1) is 0 Å². The van der Waals surface area contributed by atoms with Crippen LogP contribution in [0.15, 0.2) is 36.8 Å². The molecule has 0 N–H and O–H groups in total. The molecule has 134 valence electrons. The maximum Gasteiger partial charge on any atom is 0.115 e. The fourth-order valence-electron chi connectivity index (χ4n) is 3.56. The quantitative estimate of drug-likeness (QED) is 0.841. The molecule has 0 spiro atoms. The molecule has 0 fully saturated rings. The van der Waals surface area contributed by atoms with Crippen molar-refractivity contribution in [2.24, 2.45) is 0 Å². The van der Waals surface area contributed by atoms with Crippen LogP contribution in [-0.2, 0) is 25.9 Å². The Labute approximate surface area is 151 Å². The number of aromatic nitrogens is 2. The van der Waals surface area contributed by atoms with Crippen LogP contribution >= 0.6 is 0 Å². The molecule has 25 heavy (non-hydrogen) atoms. The highest BCUT2D eigenvalue weighted by atomic mass is 15.2. The van der Waals surface area contributed by atoms with E-state index in [0.29, 0.717) is 6.04 Å². The largest absolute Gasteiger partial charge is 0.302 e. The summed E-state index contributed by atoms with van der Waals surface area (Å²) in [6.07, 6.45) is 7.10. The lowest BCUT2D eigenvalue weighted by Crippen LogP contribution is -2.37. The van der Waals surface area contributed by atoms with Crippen molar-refractivity contribution in [2.75, 3.05) is 20.1 Å². The van der Waals surface area contributed by atoms with Gasteiger partial charge in [0.2, 0.25) is 0 Å². The van der Waals surface area contributed by atoms with E-state index in [1.54, 1.807) is 6.33 Å². The summed E-state index contributed by atoms with van der Waals surface area (Å²) in [5.41, 5.74) is 5.57. The van der Waals surface area contributed by atoms with Gasteiger partial charge >= 0.3 is 0 Å². The van der Waals surface area contributed by atoms with Crippen LogP contribution in [0.2, 0.25) is 0 Å². The number of rotatable bonds is 2. The first-order valence-electron chi connectivity index (χ1n) is 9.44. The molecule has 4 nitrogen and oxygen atoms in total. The second-order valence-electron chi connectivity index (χ2n) is 7.23. The van der Waals surface area contributed by atoms with E-state index in [4.69, 9.17) is 0 Å². The highest BCUT2D eigenvalue weighted by Crippen LogP contribution is 2.18. The fraction of sp³-hybridized carbons (Fsp3) is 0.524. The molecular formula is C21H30N4. The molecule has 2 aliphatic heterocycles. The zero-order chi connectivity index (χ0) is 17.6. The van der Waals surface area contributed by atoms with Gasteiger partial charge in [0.1, 0.15) is 6.33 Å². The third-order valence-corrected chi connectivity index (χ3v) is 5.43. The van der Waals surface area contributed by atoms with Crippen LogP contribution < -0.4 is 0 Å². The van der Waals surface area contributed by atoms with Crippen LogP contribution in [0.4, 0.5) is 0 Å². The minimum Gasteiger partial charge on any atom is -0.302 e. The molecule has 4 heteroatoms. The van der Waals surface area contributed by atoms with Crippen molar-refractivity contribution in [1.82, 2.24) is 19.8 Å². The van der Waals surface area contributed by atoms with Crippen LogP contribution in [0.1, 0.15) is 42.7 Å². The number of hydrogen-bond donors (Lipinski definition) is 0. The second kappa shape index (κ2) is 8.54. The molecule has 0 bridgehead atoms. The smallest absolute Gasteiger partial charge is 0.115 e. The molecule has 1 aromatic carbocycles. The summed E-state index contributed by atoms with van der Waals surface area (Å²) in [5, 5.41) is 0. The van der Waals surface area contributed by atoms with E-state index < -0.39 is 0 Å². The zero-order valence-electron chi connectivity index (χ0n) is 15.8. The average Bonchev–Trinajstić information content (AvgIpc) is 2.67. The van der Waals surface area contributed by atoms with Crippen LogP contribution in [0.5, 0.6) is 0 Å². The van der Waals surface area contributed by atoms with Gasteiger partial charge in [0.05, 0.1) is 0 Å². The molecule has 2 aromatic rings. The van der Waals surface area contributed by atoms with Crippen molar-refractivity contribution in [1.29, 1.82) is 0 Å². The van der Waals surface area contributed by atoms with Crippen LogP contribution in [0.25, 0.3) is 0 Å². The van der Waals surface area contributed by atoms with Crippen molar-refractivity contribution >= 4 is 0 Å². The monoisotopic (exact) mass is 338 g/mol. The van der Waals surface area contributed by atoms with E-state index in [0.717, 1.165) is 26.1 Å². The van der Waals surface area contributed by atoms with Crippen LogP contribution in [0.3, 0.4) is 0 Å². The van der Waals surface area contributed by atoms with Gasteiger partial charge in [-0.1, -0.05) is 31.2 Å². The minimum absolute atomic E-state index is 0.670. The summed E-state index contributed by atoms with van der Waals surface area (Å²) in [5.74, 6) is 0. The Morgan fingerprint density at radius 2 is 1.84 bits per heavy atom. The van der Waals surface area contributed by atoms with Gasteiger partial charge in [-0.2, -0.15) is 0 Å². The lowest BCUT2D eigenvalue weighted by Gasteiger charge is -2.32. The summed E-state index contributed by atoms with van der Waals surface area (Å²) in [6.45, 7) is 9.01. The molecule has 4 rings (SSSR count). The molecule has 0 radical (unpaired) electrons. The van der Waals surface area contributed by atoms with E-state index >= 15 is 0 Å². The second-order valence-corrected chi connectivity index (χ2v) is 7.23. The highest BCUT2D eigenvalue weighted by molar-refractivity contribution is 5.28. The Balaban J connectivity index is 0.000000150. The van der Waals surface area contributed by atoms with E-state index in [2.05, 4.69) is 64.9 Å². The lowest BCUT2D eigenvalue weighted by atomic mass is 10.0. The predicted molar refractivity (Wildman–Crippen MR) is 102 cm³/mol. The number of hydrogen-bond acceptors (Lipinski definition) is 4. The zero-order valence-corrected chi connectivity index (χ0v) is 15.8. The number of fused-ring (bicyclic) bond motifs is 2. The van der Waals surface area contributed by atoms with E-state index in [-0.39, 0.29) is 0 Å². The fourth-order valence-corrected chi connectivity index (χ4v) is 3.56. The van der Waals surface area contributed by atoms with E-state index in [1.165, 1.54) is 41.8 Å². The number of benzene rings is 1. The molecular weight excluding hydrogens is 308 g/mol. The lowest BCUT2D eigenvalue weighted by molar-refractivity contribution is 0.184. The molecule has 1 aromatic heterocycles. The standard InChI is InChI=1S/C11H17N3.C10H13N/c1-3-9(2)14-5-4-11-10(7-14)6-12-8-13-11;1-11-7-6-9-4-2-3-5-10(9)8-11/h6,8-9H,3-5,7H2,1-2H3;2-5H,6-8H2,1H3. The van der Waals surface area contributed by atoms with Gasteiger partial charge in [0.25, 0.3) is 0 Å². The molecule has 1 unspecified atom stereocenters. The van der Waals surface area contributed by atoms with Crippen molar-refractivity contribution in [3.63, 3.8) is 0 Å². The molecule has 0 aliphatic carbocycles.